The number of nitrogens with zero attached hydrogens (tertiary/aromatic N) is 1. The fourth-order valence-corrected chi connectivity index (χ4v) is 3.69. The predicted molar refractivity (Wildman–Crippen MR) is 64.1 cm³/mol. The normalized spacial score (nSPS) is 31.7. The summed E-state index contributed by atoms with van der Waals surface area (Å²) in [7, 11) is 0. The number of hydrogen-bond acceptors (Lipinski definition) is 3. The lowest BCUT2D eigenvalue weighted by Crippen LogP contribution is -2.44. The van der Waals surface area contributed by atoms with E-state index < -0.39 is 0 Å². The standard InChI is InChI=1S/C12H18N2S/c1-3-10-7-13-8-12(10)14(5-1)9-11-4-2-6-15-11/h2,4,6,10,12-13H,1,3,5,7-9H2. The topological polar surface area (TPSA) is 15.3 Å². The Balaban J connectivity index is 1.69. The molecule has 15 heavy (non-hydrogen) atoms. The van der Waals surface area contributed by atoms with Crippen LogP contribution >= 0.6 is 11.3 Å². The van der Waals surface area contributed by atoms with Gasteiger partial charge in [0.15, 0.2) is 0 Å². The summed E-state index contributed by atoms with van der Waals surface area (Å²) in [6, 6.07) is 5.23. The van der Waals surface area contributed by atoms with E-state index >= 15 is 0 Å². The number of nitrogens with one attached hydrogen (secondary N) is 1. The van der Waals surface area contributed by atoms with Gasteiger partial charge in [-0.25, -0.2) is 0 Å². The van der Waals surface area contributed by atoms with Gasteiger partial charge in [-0.3, -0.25) is 4.90 Å². The van der Waals surface area contributed by atoms with Gasteiger partial charge in [0.05, 0.1) is 0 Å². The molecule has 3 rings (SSSR count). The molecule has 2 aliphatic rings. The van der Waals surface area contributed by atoms with Crippen molar-refractivity contribution in [3.05, 3.63) is 22.4 Å². The molecule has 0 bridgehead atoms. The molecule has 3 heteroatoms. The summed E-state index contributed by atoms with van der Waals surface area (Å²) in [6.07, 6.45) is 2.81. The van der Waals surface area contributed by atoms with Crippen molar-refractivity contribution >= 4 is 11.3 Å². The molecule has 1 aromatic rings. The number of rotatable bonds is 2. The van der Waals surface area contributed by atoms with Crippen LogP contribution in [0.1, 0.15) is 17.7 Å². The Morgan fingerprint density at radius 3 is 3.33 bits per heavy atom. The van der Waals surface area contributed by atoms with E-state index in [1.54, 1.807) is 0 Å². The fourth-order valence-electron chi connectivity index (χ4n) is 2.96. The van der Waals surface area contributed by atoms with E-state index in [-0.39, 0.29) is 0 Å². The van der Waals surface area contributed by atoms with Crippen LogP contribution < -0.4 is 5.32 Å². The first-order valence-electron chi connectivity index (χ1n) is 5.90. The van der Waals surface area contributed by atoms with E-state index in [1.807, 2.05) is 11.3 Å². The van der Waals surface area contributed by atoms with Gasteiger partial charge >= 0.3 is 0 Å². The minimum atomic E-state index is 0.806. The lowest BCUT2D eigenvalue weighted by Gasteiger charge is -2.36. The second-order valence-corrected chi connectivity index (χ2v) is 5.71. The van der Waals surface area contributed by atoms with Crippen LogP contribution in [0.5, 0.6) is 0 Å². The molecule has 1 N–H and O–H groups in total. The number of thiophene rings is 1. The lowest BCUT2D eigenvalue weighted by molar-refractivity contribution is 0.119. The first-order valence-corrected chi connectivity index (χ1v) is 6.78. The predicted octanol–water partition coefficient (Wildman–Crippen LogP) is 1.93. The van der Waals surface area contributed by atoms with E-state index in [1.165, 1.54) is 43.9 Å². The summed E-state index contributed by atoms with van der Waals surface area (Å²) in [4.78, 5) is 4.20. The van der Waals surface area contributed by atoms with Crippen LogP contribution in [0, 0.1) is 5.92 Å². The second kappa shape index (κ2) is 4.24. The molecule has 0 amide bonds. The summed E-state index contributed by atoms with van der Waals surface area (Å²) in [5, 5.41) is 5.72. The molecule has 2 atom stereocenters. The van der Waals surface area contributed by atoms with Crippen molar-refractivity contribution < 1.29 is 0 Å². The Morgan fingerprint density at radius 1 is 1.47 bits per heavy atom. The van der Waals surface area contributed by atoms with Crippen molar-refractivity contribution in [1.82, 2.24) is 10.2 Å². The van der Waals surface area contributed by atoms with Gasteiger partial charge in [-0.2, -0.15) is 0 Å². The monoisotopic (exact) mass is 222 g/mol. The van der Waals surface area contributed by atoms with Crippen molar-refractivity contribution in [2.75, 3.05) is 19.6 Å². The van der Waals surface area contributed by atoms with Gasteiger partial charge in [-0.15, -0.1) is 11.3 Å². The highest BCUT2D eigenvalue weighted by Crippen LogP contribution is 2.28. The number of hydrogen-bond donors (Lipinski definition) is 1. The quantitative estimate of drug-likeness (QED) is 0.822. The molecular weight excluding hydrogens is 204 g/mol. The van der Waals surface area contributed by atoms with Gasteiger partial charge in [0.1, 0.15) is 0 Å². The van der Waals surface area contributed by atoms with E-state index in [0.29, 0.717) is 0 Å². The third kappa shape index (κ3) is 1.96. The van der Waals surface area contributed by atoms with Gasteiger partial charge < -0.3 is 5.32 Å². The molecule has 2 aliphatic heterocycles. The third-order valence-electron chi connectivity index (χ3n) is 3.73. The van der Waals surface area contributed by atoms with E-state index in [9.17, 15) is 0 Å². The molecule has 1 aromatic heterocycles. The minimum Gasteiger partial charge on any atom is -0.315 e. The van der Waals surface area contributed by atoms with Gasteiger partial charge in [-0.1, -0.05) is 6.07 Å². The van der Waals surface area contributed by atoms with Crippen molar-refractivity contribution in [3.63, 3.8) is 0 Å². The molecule has 0 radical (unpaired) electrons. The van der Waals surface area contributed by atoms with Crippen LogP contribution in [0.2, 0.25) is 0 Å². The molecule has 3 heterocycles. The van der Waals surface area contributed by atoms with Gasteiger partial charge in [0.25, 0.3) is 0 Å². The van der Waals surface area contributed by atoms with Crippen LogP contribution in [-0.2, 0) is 6.54 Å². The molecule has 2 nitrogen and oxygen atoms in total. The molecular formula is C12H18N2S. The zero-order valence-electron chi connectivity index (χ0n) is 8.98. The van der Waals surface area contributed by atoms with Crippen LogP contribution in [0.15, 0.2) is 17.5 Å². The Kier molecular flexibility index (Phi) is 2.77. The average Bonchev–Trinajstić information content (AvgIpc) is 2.87. The van der Waals surface area contributed by atoms with Crippen LogP contribution in [-0.4, -0.2) is 30.6 Å². The third-order valence-corrected chi connectivity index (χ3v) is 4.59. The highest BCUT2D eigenvalue weighted by molar-refractivity contribution is 7.09. The van der Waals surface area contributed by atoms with Gasteiger partial charge in [-0.05, 0) is 43.3 Å². The maximum Gasteiger partial charge on any atom is 0.0331 e. The molecule has 2 saturated heterocycles. The van der Waals surface area contributed by atoms with E-state index in [2.05, 4.69) is 27.7 Å². The zero-order chi connectivity index (χ0) is 10.1. The molecule has 2 fully saturated rings. The van der Waals surface area contributed by atoms with Crippen LogP contribution in [0.3, 0.4) is 0 Å². The fraction of sp³-hybridized carbons (Fsp3) is 0.667. The zero-order valence-corrected chi connectivity index (χ0v) is 9.80. The van der Waals surface area contributed by atoms with E-state index in [0.717, 1.165) is 12.0 Å². The van der Waals surface area contributed by atoms with Crippen molar-refractivity contribution in [2.24, 2.45) is 5.92 Å². The van der Waals surface area contributed by atoms with E-state index in [4.69, 9.17) is 0 Å². The highest BCUT2D eigenvalue weighted by atomic mass is 32.1. The summed E-state index contributed by atoms with van der Waals surface area (Å²) in [5.41, 5.74) is 0. The smallest absolute Gasteiger partial charge is 0.0331 e. The average molecular weight is 222 g/mol. The van der Waals surface area contributed by atoms with Gasteiger partial charge in [0.2, 0.25) is 0 Å². The molecule has 2 unspecified atom stereocenters. The van der Waals surface area contributed by atoms with Crippen molar-refractivity contribution in [3.8, 4) is 0 Å². The molecule has 0 saturated carbocycles. The molecule has 0 spiro atoms. The molecule has 82 valence electrons. The lowest BCUT2D eigenvalue weighted by atomic mass is 9.92. The number of piperidine rings is 1. The molecule has 0 aliphatic carbocycles. The maximum absolute atomic E-state index is 3.54. The Hall–Kier alpha value is -0.380. The summed E-state index contributed by atoms with van der Waals surface area (Å²) >= 11 is 1.89. The van der Waals surface area contributed by atoms with Crippen LogP contribution in [0.4, 0.5) is 0 Å². The summed E-state index contributed by atoms with van der Waals surface area (Å²) in [6.45, 7) is 4.91. The Morgan fingerprint density at radius 2 is 2.47 bits per heavy atom. The summed E-state index contributed by atoms with van der Waals surface area (Å²) in [5.74, 6) is 0.915. The number of likely N-dealkylation sites (tertiary alicyclic amines) is 1. The minimum absolute atomic E-state index is 0.806. The highest BCUT2D eigenvalue weighted by Gasteiger charge is 2.34. The largest absolute Gasteiger partial charge is 0.315 e. The van der Waals surface area contributed by atoms with Crippen molar-refractivity contribution in [2.45, 2.75) is 25.4 Å². The second-order valence-electron chi connectivity index (χ2n) is 4.68. The van der Waals surface area contributed by atoms with Crippen molar-refractivity contribution in [1.29, 1.82) is 0 Å². The first-order chi connectivity index (χ1) is 7.43. The summed E-state index contributed by atoms with van der Waals surface area (Å²) < 4.78 is 0. The first kappa shape index (κ1) is 9.82. The molecule has 0 aromatic carbocycles. The van der Waals surface area contributed by atoms with Crippen LogP contribution in [0.25, 0.3) is 0 Å². The van der Waals surface area contributed by atoms with Gasteiger partial charge in [0, 0.05) is 24.0 Å². The maximum atomic E-state index is 3.54. The Labute approximate surface area is 95.3 Å². The SMILES string of the molecule is c1csc(CN2CCCC3CNCC32)c1. The Bertz CT molecular complexity index is 309. The number of fused-ring (bicyclic) bond motifs is 1.